The van der Waals surface area contributed by atoms with Crippen LogP contribution in [0.4, 0.5) is 24.5 Å². The molecule has 0 radical (unpaired) electrons. The molecule has 0 saturated heterocycles. The first kappa shape index (κ1) is 25.6. The Kier molecular flexibility index (Phi) is 6.75. The number of alkyl halides is 3. The van der Waals surface area contributed by atoms with Gasteiger partial charge in [0.05, 0.1) is 46.6 Å². The number of aromatic carboxylic acids is 1. The Hall–Kier alpha value is -3.52. The highest BCUT2D eigenvalue weighted by molar-refractivity contribution is 9.10. The third kappa shape index (κ3) is 5.04. The van der Waals surface area contributed by atoms with E-state index in [9.17, 15) is 27.6 Å². The second-order valence-corrected chi connectivity index (χ2v) is 9.97. The van der Waals surface area contributed by atoms with Gasteiger partial charge in [0.25, 0.3) is 0 Å². The second kappa shape index (κ2) is 9.50. The number of rotatable bonds is 8. The SMILES string of the molecule is NC(=O)C1(C(=O)NCc2ccc(Nc3ccc(Br)cc3C(F)(F)F)cn2)CC1c1ncc(C(=O)O)s1. The summed E-state index contributed by atoms with van der Waals surface area (Å²) in [5.74, 6) is -3.27. The normalized spacial score (nSPS) is 18.9. The Morgan fingerprint density at radius 3 is 2.53 bits per heavy atom. The maximum absolute atomic E-state index is 13.3. The number of thiazole rings is 1. The Labute approximate surface area is 214 Å². The van der Waals surface area contributed by atoms with Crippen molar-refractivity contribution in [1.82, 2.24) is 15.3 Å². The lowest BCUT2D eigenvalue weighted by atomic mass is 10.0. The van der Waals surface area contributed by atoms with Gasteiger partial charge in [-0.15, -0.1) is 11.3 Å². The number of carbonyl (C=O) groups excluding carboxylic acids is 2. The van der Waals surface area contributed by atoms with Crippen molar-refractivity contribution in [3.8, 4) is 0 Å². The van der Waals surface area contributed by atoms with E-state index in [1.165, 1.54) is 30.5 Å². The number of benzene rings is 1. The van der Waals surface area contributed by atoms with Crippen LogP contribution in [-0.4, -0.2) is 32.9 Å². The molecule has 1 fully saturated rings. The van der Waals surface area contributed by atoms with Crippen molar-refractivity contribution in [3.05, 3.63) is 68.3 Å². The van der Waals surface area contributed by atoms with Gasteiger partial charge in [-0.1, -0.05) is 15.9 Å². The number of hydrogen-bond donors (Lipinski definition) is 4. The van der Waals surface area contributed by atoms with Gasteiger partial charge in [0.15, 0.2) is 0 Å². The lowest BCUT2D eigenvalue weighted by Gasteiger charge is -2.15. The standard InChI is InChI=1S/C22H17BrF3N5O4S/c23-10-1-4-15(13(5-10)22(24,25)26)31-12-3-2-11(28-8-12)7-30-20(35)21(19(27)34)6-14(21)17-29-9-16(36-17)18(32)33/h1-5,8-9,14,31H,6-7H2,(H2,27,34)(H,30,35)(H,32,33). The zero-order valence-electron chi connectivity index (χ0n) is 18.1. The van der Waals surface area contributed by atoms with Gasteiger partial charge in [-0.25, -0.2) is 9.78 Å². The number of pyridine rings is 1. The fraction of sp³-hybridized carbons (Fsp3) is 0.227. The number of carboxylic acids is 1. The van der Waals surface area contributed by atoms with Gasteiger partial charge in [-0.05, 0) is 36.8 Å². The highest BCUT2D eigenvalue weighted by Crippen LogP contribution is 2.60. The van der Waals surface area contributed by atoms with Crippen LogP contribution in [0, 0.1) is 5.41 Å². The molecule has 14 heteroatoms. The second-order valence-electron chi connectivity index (χ2n) is 7.99. The van der Waals surface area contributed by atoms with Gasteiger partial charge >= 0.3 is 12.1 Å². The molecule has 1 saturated carbocycles. The van der Waals surface area contributed by atoms with Crippen LogP contribution in [-0.2, 0) is 22.3 Å². The number of anilines is 2. The van der Waals surface area contributed by atoms with Crippen molar-refractivity contribution < 1.29 is 32.7 Å². The van der Waals surface area contributed by atoms with Crippen molar-refractivity contribution in [1.29, 1.82) is 0 Å². The molecule has 0 bridgehead atoms. The fourth-order valence-electron chi connectivity index (χ4n) is 3.69. The number of carbonyl (C=O) groups is 3. The van der Waals surface area contributed by atoms with Crippen molar-refractivity contribution in [3.63, 3.8) is 0 Å². The van der Waals surface area contributed by atoms with Crippen molar-refractivity contribution in [2.45, 2.75) is 25.1 Å². The maximum Gasteiger partial charge on any atom is 0.418 e. The summed E-state index contributed by atoms with van der Waals surface area (Å²) in [6, 6.07) is 6.74. The smallest absolute Gasteiger partial charge is 0.418 e. The molecule has 2 unspecified atom stereocenters. The van der Waals surface area contributed by atoms with Gasteiger partial charge in [-0.2, -0.15) is 13.2 Å². The molecule has 188 valence electrons. The average Bonchev–Trinajstić information content (AvgIpc) is 3.39. The molecule has 4 rings (SSSR count). The Morgan fingerprint density at radius 2 is 1.94 bits per heavy atom. The zero-order chi connectivity index (χ0) is 26.3. The molecular formula is C22H17BrF3N5O4S. The number of carboxylic acid groups (broad SMARTS) is 1. The van der Waals surface area contributed by atoms with Gasteiger partial charge in [-0.3, -0.25) is 14.6 Å². The minimum absolute atomic E-state index is 0.0148. The summed E-state index contributed by atoms with van der Waals surface area (Å²) in [5.41, 5.74) is 3.65. The van der Waals surface area contributed by atoms with Crippen LogP contribution < -0.4 is 16.4 Å². The van der Waals surface area contributed by atoms with E-state index in [1.807, 2.05) is 0 Å². The van der Waals surface area contributed by atoms with E-state index in [1.54, 1.807) is 0 Å². The summed E-state index contributed by atoms with van der Waals surface area (Å²) in [7, 11) is 0. The van der Waals surface area contributed by atoms with E-state index in [-0.39, 0.29) is 28.0 Å². The van der Waals surface area contributed by atoms with E-state index in [0.717, 1.165) is 23.6 Å². The number of primary amides is 1. The molecule has 1 aliphatic rings. The van der Waals surface area contributed by atoms with E-state index < -0.39 is 40.9 Å². The molecule has 2 atom stereocenters. The fourth-order valence-corrected chi connectivity index (χ4v) is 5.00. The van der Waals surface area contributed by atoms with E-state index in [0.29, 0.717) is 16.4 Å². The summed E-state index contributed by atoms with van der Waals surface area (Å²) in [6.07, 6.45) is -1.98. The summed E-state index contributed by atoms with van der Waals surface area (Å²) < 4.78 is 40.3. The lowest BCUT2D eigenvalue weighted by Crippen LogP contribution is -2.41. The van der Waals surface area contributed by atoms with Crippen LogP contribution in [0.15, 0.2) is 47.2 Å². The molecular weight excluding hydrogens is 567 g/mol. The van der Waals surface area contributed by atoms with Crippen molar-refractivity contribution in [2.75, 3.05) is 5.32 Å². The van der Waals surface area contributed by atoms with E-state index >= 15 is 0 Å². The number of amides is 2. The first-order valence-electron chi connectivity index (χ1n) is 10.3. The molecule has 9 nitrogen and oxygen atoms in total. The van der Waals surface area contributed by atoms with Crippen LogP contribution in [0.5, 0.6) is 0 Å². The van der Waals surface area contributed by atoms with Gasteiger partial charge in [0.1, 0.15) is 10.3 Å². The van der Waals surface area contributed by atoms with Gasteiger partial charge in [0, 0.05) is 10.4 Å². The Balaban J connectivity index is 1.41. The summed E-state index contributed by atoms with van der Waals surface area (Å²) in [6.45, 7) is -0.0643. The van der Waals surface area contributed by atoms with Crippen LogP contribution in [0.3, 0.4) is 0 Å². The first-order chi connectivity index (χ1) is 16.9. The largest absolute Gasteiger partial charge is 0.477 e. The number of nitrogens with zero attached hydrogens (tertiary/aromatic N) is 2. The lowest BCUT2D eigenvalue weighted by molar-refractivity contribution is -0.137. The Bertz CT molecular complexity index is 1350. The average molecular weight is 584 g/mol. The zero-order valence-corrected chi connectivity index (χ0v) is 20.5. The van der Waals surface area contributed by atoms with Gasteiger partial charge in [0.2, 0.25) is 11.8 Å². The predicted octanol–water partition coefficient (Wildman–Crippen LogP) is 4.04. The van der Waals surface area contributed by atoms with Crippen LogP contribution in [0.2, 0.25) is 0 Å². The Morgan fingerprint density at radius 1 is 1.19 bits per heavy atom. The van der Waals surface area contributed by atoms with E-state index in [4.69, 9.17) is 10.8 Å². The molecule has 2 amide bonds. The quantitative estimate of drug-likeness (QED) is 0.292. The number of halogens is 4. The summed E-state index contributed by atoms with van der Waals surface area (Å²) >= 11 is 3.91. The van der Waals surface area contributed by atoms with E-state index in [2.05, 4.69) is 36.5 Å². The first-order valence-corrected chi connectivity index (χ1v) is 11.9. The number of hydrogen-bond acceptors (Lipinski definition) is 7. The van der Waals surface area contributed by atoms with Crippen LogP contribution in [0.25, 0.3) is 0 Å². The minimum atomic E-state index is -4.56. The highest BCUT2D eigenvalue weighted by Gasteiger charge is 2.66. The molecule has 2 heterocycles. The maximum atomic E-state index is 13.3. The molecule has 1 aliphatic carbocycles. The molecule has 36 heavy (non-hydrogen) atoms. The summed E-state index contributed by atoms with van der Waals surface area (Å²) in [4.78, 5) is 44.2. The number of nitrogens with one attached hydrogen (secondary N) is 2. The van der Waals surface area contributed by atoms with Crippen molar-refractivity contribution >= 4 is 56.4 Å². The molecule has 5 N–H and O–H groups in total. The third-order valence-corrected chi connectivity index (χ3v) is 7.25. The minimum Gasteiger partial charge on any atom is -0.477 e. The summed E-state index contributed by atoms with van der Waals surface area (Å²) in [5, 5.41) is 14.7. The predicted molar refractivity (Wildman–Crippen MR) is 127 cm³/mol. The monoisotopic (exact) mass is 583 g/mol. The molecule has 3 aromatic rings. The van der Waals surface area contributed by atoms with Crippen LogP contribution >= 0.6 is 27.3 Å². The van der Waals surface area contributed by atoms with Crippen LogP contribution in [0.1, 0.15) is 38.3 Å². The molecule has 0 aliphatic heterocycles. The molecule has 2 aromatic heterocycles. The van der Waals surface area contributed by atoms with Gasteiger partial charge < -0.3 is 21.5 Å². The topological polar surface area (TPSA) is 147 Å². The molecule has 0 spiro atoms. The number of nitrogens with two attached hydrogens (primary N) is 1. The number of aromatic nitrogens is 2. The van der Waals surface area contributed by atoms with Crippen molar-refractivity contribution in [2.24, 2.45) is 11.1 Å². The molecule has 1 aromatic carbocycles. The highest BCUT2D eigenvalue weighted by atomic mass is 79.9. The third-order valence-electron chi connectivity index (χ3n) is 5.66.